The molecule has 0 saturated carbocycles. The molecule has 2 unspecified atom stereocenters. The first-order valence-corrected chi connectivity index (χ1v) is 4.45. The third kappa shape index (κ3) is 2.29. The molecule has 1 heterocycles. The van der Waals surface area contributed by atoms with Crippen molar-refractivity contribution in [3.8, 4) is 0 Å². The summed E-state index contributed by atoms with van der Waals surface area (Å²) in [5, 5.41) is 0. The molecule has 0 radical (unpaired) electrons. The Morgan fingerprint density at radius 3 is 2.92 bits per heavy atom. The number of hydrogen-bond donors (Lipinski definition) is 0. The first-order chi connectivity index (χ1) is 5.75. The zero-order valence-corrected chi connectivity index (χ0v) is 7.71. The van der Waals surface area contributed by atoms with E-state index in [-0.39, 0.29) is 17.8 Å². The van der Waals surface area contributed by atoms with Crippen LogP contribution in [-0.4, -0.2) is 31.7 Å². The van der Waals surface area contributed by atoms with E-state index >= 15 is 0 Å². The lowest BCUT2D eigenvalue weighted by molar-refractivity contribution is -0.131. The van der Waals surface area contributed by atoms with Crippen molar-refractivity contribution < 1.29 is 14.3 Å². The molecule has 0 spiro atoms. The van der Waals surface area contributed by atoms with E-state index in [4.69, 9.17) is 9.47 Å². The van der Waals surface area contributed by atoms with Crippen LogP contribution >= 0.6 is 0 Å². The largest absolute Gasteiger partial charge is 0.381 e. The van der Waals surface area contributed by atoms with Gasteiger partial charge in [-0.15, -0.1) is 0 Å². The highest BCUT2D eigenvalue weighted by Gasteiger charge is 2.29. The van der Waals surface area contributed by atoms with Gasteiger partial charge in [0, 0.05) is 19.1 Å². The summed E-state index contributed by atoms with van der Waals surface area (Å²) in [5.41, 5.74) is 0. The first-order valence-electron chi connectivity index (χ1n) is 4.45. The van der Waals surface area contributed by atoms with Crippen LogP contribution < -0.4 is 0 Å². The predicted octanol–water partition coefficient (Wildman–Crippen LogP) is 1.02. The quantitative estimate of drug-likeness (QED) is 0.635. The molecule has 1 fully saturated rings. The molecule has 2 atom stereocenters. The fraction of sp³-hybridized carbons (Fsp3) is 0.889. The Bertz CT molecular complexity index is 150. The van der Waals surface area contributed by atoms with Crippen molar-refractivity contribution in [2.45, 2.75) is 26.4 Å². The standard InChI is InChI=1S/C9H16O3/c1-3-12-9(7(2)10)8-4-5-11-6-8/h8-9H,3-6H2,1-2H3. The molecule has 0 aromatic carbocycles. The number of Topliss-reactive ketones (excluding diaryl/α,β-unsaturated/α-hetero) is 1. The van der Waals surface area contributed by atoms with E-state index in [9.17, 15) is 4.79 Å². The van der Waals surface area contributed by atoms with Crippen LogP contribution in [0.25, 0.3) is 0 Å². The zero-order chi connectivity index (χ0) is 8.97. The molecule has 3 heteroatoms. The Morgan fingerprint density at radius 1 is 1.75 bits per heavy atom. The van der Waals surface area contributed by atoms with Crippen LogP contribution in [-0.2, 0) is 14.3 Å². The average Bonchev–Trinajstić information content (AvgIpc) is 2.51. The lowest BCUT2D eigenvalue weighted by Crippen LogP contribution is -2.31. The van der Waals surface area contributed by atoms with Gasteiger partial charge in [-0.05, 0) is 20.3 Å². The Labute approximate surface area is 73.0 Å². The molecule has 70 valence electrons. The molecule has 0 N–H and O–H groups in total. The maximum Gasteiger partial charge on any atom is 0.158 e. The van der Waals surface area contributed by atoms with Crippen molar-refractivity contribution in [2.75, 3.05) is 19.8 Å². The van der Waals surface area contributed by atoms with E-state index in [2.05, 4.69) is 0 Å². The van der Waals surface area contributed by atoms with E-state index in [1.807, 2.05) is 6.92 Å². The minimum Gasteiger partial charge on any atom is -0.381 e. The normalized spacial score (nSPS) is 25.7. The van der Waals surface area contributed by atoms with Crippen molar-refractivity contribution in [1.82, 2.24) is 0 Å². The number of carbonyl (C=O) groups excluding carboxylic acids is 1. The van der Waals surface area contributed by atoms with E-state index in [0.717, 1.165) is 13.0 Å². The molecule has 1 aliphatic heterocycles. The van der Waals surface area contributed by atoms with Gasteiger partial charge in [-0.1, -0.05) is 0 Å². The van der Waals surface area contributed by atoms with Gasteiger partial charge in [0.25, 0.3) is 0 Å². The number of hydrogen-bond acceptors (Lipinski definition) is 3. The second-order valence-electron chi connectivity index (χ2n) is 3.11. The van der Waals surface area contributed by atoms with E-state index in [1.54, 1.807) is 6.92 Å². The molecular formula is C9H16O3. The summed E-state index contributed by atoms with van der Waals surface area (Å²) in [7, 11) is 0. The van der Waals surface area contributed by atoms with Gasteiger partial charge >= 0.3 is 0 Å². The van der Waals surface area contributed by atoms with Gasteiger partial charge in [0.2, 0.25) is 0 Å². The summed E-state index contributed by atoms with van der Waals surface area (Å²) in [6.07, 6.45) is 0.710. The van der Waals surface area contributed by atoms with Gasteiger partial charge in [-0.3, -0.25) is 4.79 Å². The maximum absolute atomic E-state index is 11.1. The molecule has 0 aromatic heterocycles. The van der Waals surface area contributed by atoms with Crippen LogP contribution in [0.15, 0.2) is 0 Å². The molecule has 12 heavy (non-hydrogen) atoms. The molecule has 0 bridgehead atoms. The van der Waals surface area contributed by atoms with Crippen LogP contribution in [0.1, 0.15) is 20.3 Å². The van der Waals surface area contributed by atoms with Crippen LogP contribution in [0.3, 0.4) is 0 Å². The molecule has 0 aliphatic carbocycles. The van der Waals surface area contributed by atoms with E-state index < -0.39 is 0 Å². The summed E-state index contributed by atoms with van der Waals surface area (Å²) in [5.74, 6) is 0.398. The van der Waals surface area contributed by atoms with Gasteiger partial charge in [0.15, 0.2) is 5.78 Å². The fourth-order valence-corrected chi connectivity index (χ4v) is 1.56. The minimum absolute atomic E-state index is 0.118. The Kier molecular flexibility index (Phi) is 3.69. The molecular weight excluding hydrogens is 156 g/mol. The highest BCUT2D eigenvalue weighted by molar-refractivity contribution is 5.80. The highest BCUT2D eigenvalue weighted by atomic mass is 16.5. The molecule has 0 amide bonds. The smallest absolute Gasteiger partial charge is 0.158 e. The Balaban J connectivity index is 2.45. The summed E-state index contributed by atoms with van der Waals surface area (Å²) in [6, 6.07) is 0. The van der Waals surface area contributed by atoms with E-state index in [0.29, 0.717) is 13.2 Å². The summed E-state index contributed by atoms with van der Waals surface area (Å²) in [6.45, 7) is 5.52. The molecule has 3 nitrogen and oxygen atoms in total. The van der Waals surface area contributed by atoms with Crippen molar-refractivity contribution in [3.63, 3.8) is 0 Å². The molecule has 1 rings (SSSR count). The number of ether oxygens (including phenoxy) is 2. The van der Waals surface area contributed by atoms with Crippen molar-refractivity contribution >= 4 is 5.78 Å². The van der Waals surface area contributed by atoms with Crippen LogP contribution in [0.4, 0.5) is 0 Å². The predicted molar refractivity (Wildman–Crippen MR) is 45.0 cm³/mol. The van der Waals surface area contributed by atoms with Gasteiger partial charge in [-0.25, -0.2) is 0 Å². The van der Waals surface area contributed by atoms with Gasteiger partial charge in [0.05, 0.1) is 6.61 Å². The number of ketones is 1. The topological polar surface area (TPSA) is 35.5 Å². The van der Waals surface area contributed by atoms with Gasteiger partial charge in [0.1, 0.15) is 6.10 Å². The highest BCUT2D eigenvalue weighted by Crippen LogP contribution is 2.19. The van der Waals surface area contributed by atoms with E-state index in [1.165, 1.54) is 0 Å². The van der Waals surface area contributed by atoms with Gasteiger partial charge < -0.3 is 9.47 Å². The second-order valence-corrected chi connectivity index (χ2v) is 3.11. The Hall–Kier alpha value is -0.410. The third-order valence-corrected chi connectivity index (χ3v) is 2.14. The third-order valence-electron chi connectivity index (χ3n) is 2.14. The number of rotatable bonds is 4. The maximum atomic E-state index is 11.1. The fourth-order valence-electron chi connectivity index (χ4n) is 1.56. The van der Waals surface area contributed by atoms with Gasteiger partial charge in [-0.2, -0.15) is 0 Å². The lowest BCUT2D eigenvalue weighted by atomic mass is 9.99. The zero-order valence-electron chi connectivity index (χ0n) is 7.71. The van der Waals surface area contributed by atoms with Crippen LogP contribution in [0.5, 0.6) is 0 Å². The molecule has 1 aliphatic rings. The molecule has 1 saturated heterocycles. The monoisotopic (exact) mass is 172 g/mol. The SMILES string of the molecule is CCOC(C(C)=O)C1CCOC1. The van der Waals surface area contributed by atoms with Crippen molar-refractivity contribution in [2.24, 2.45) is 5.92 Å². The Morgan fingerprint density at radius 2 is 2.50 bits per heavy atom. The number of carbonyl (C=O) groups is 1. The second kappa shape index (κ2) is 4.58. The van der Waals surface area contributed by atoms with Crippen LogP contribution in [0, 0.1) is 5.92 Å². The molecule has 0 aromatic rings. The minimum atomic E-state index is -0.238. The van der Waals surface area contributed by atoms with Crippen molar-refractivity contribution in [1.29, 1.82) is 0 Å². The average molecular weight is 172 g/mol. The lowest BCUT2D eigenvalue weighted by Gasteiger charge is -2.18. The first kappa shape index (κ1) is 9.68. The summed E-state index contributed by atoms with van der Waals surface area (Å²) >= 11 is 0. The van der Waals surface area contributed by atoms with Crippen LogP contribution in [0.2, 0.25) is 0 Å². The summed E-state index contributed by atoms with van der Waals surface area (Å²) < 4.78 is 10.6. The van der Waals surface area contributed by atoms with Crippen molar-refractivity contribution in [3.05, 3.63) is 0 Å². The summed E-state index contributed by atoms with van der Waals surface area (Å²) in [4.78, 5) is 11.1.